The van der Waals surface area contributed by atoms with E-state index in [0.717, 1.165) is 11.0 Å². The Morgan fingerprint density at radius 2 is 1.88 bits per heavy atom. The summed E-state index contributed by atoms with van der Waals surface area (Å²) in [4.78, 5) is 24.0. The van der Waals surface area contributed by atoms with Crippen LogP contribution in [0.1, 0.15) is 29.1 Å². The van der Waals surface area contributed by atoms with Gasteiger partial charge in [-0.05, 0) is 47.1 Å². The van der Waals surface area contributed by atoms with Gasteiger partial charge in [0.15, 0.2) is 6.61 Å². The number of amides is 1. The third kappa shape index (κ3) is 4.09. The molecule has 6 heteroatoms. The van der Waals surface area contributed by atoms with E-state index in [0.29, 0.717) is 15.8 Å². The van der Waals surface area contributed by atoms with Crippen molar-refractivity contribution in [3.8, 4) is 0 Å². The van der Waals surface area contributed by atoms with Crippen LogP contribution in [0.5, 0.6) is 0 Å². The first kappa shape index (κ1) is 17.2. The van der Waals surface area contributed by atoms with Crippen LogP contribution in [0, 0.1) is 0 Å². The van der Waals surface area contributed by atoms with Gasteiger partial charge in [-0.3, -0.25) is 4.79 Å². The highest BCUT2D eigenvalue weighted by Crippen LogP contribution is 2.23. The molecule has 0 aliphatic rings. The average Bonchev–Trinajstić information content (AvgIpc) is 3.04. The van der Waals surface area contributed by atoms with Crippen molar-refractivity contribution in [2.75, 3.05) is 6.61 Å². The van der Waals surface area contributed by atoms with Gasteiger partial charge >= 0.3 is 5.97 Å². The van der Waals surface area contributed by atoms with E-state index < -0.39 is 11.9 Å². The normalized spacial score (nSPS) is 11.9. The van der Waals surface area contributed by atoms with Crippen molar-refractivity contribution in [3.05, 3.63) is 70.4 Å². The van der Waals surface area contributed by atoms with E-state index in [2.05, 4.69) is 21.2 Å². The summed E-state index contributed by atoms with van der Waals surface area (Å²) in [5.74, 6) is -0.306. The number of furan rings is 1. The smallest absolute Gasteiger partial charge is 0.339 e. The number of halogens is 1. The molecule has 1 N–H and O–H groups in total. The van der Waals surface area contributed by atoms with Gasteiger partial charge in [-0.1, -0.05) is 30.3 Å². The van der Waals surface area contributed by atoms with Crippen molar-refractivity contribution in [1.82, 2.24) is 5.32 Å². The zero-order valence-electron chi connectivity index (χ0n) is 13.5. The molecule has 0 spiro atoms. The van der Waals surface area contributed by atoms with Crippen LogP contribution in [0.3, 0.4) is 0 Å². The molecule has 0 aliphatic heterocycles. The largest absolute Gasteiger partial charge is 0.459 e. The maximum Gasteiger partial charge on any atom is 0.339 e. The van der Waals surface area contributed by atoms with E-state index in [-0.39, 0.29) is 12.6 Å². The van der Waals surface area contributed by atoms with Crippen LogP contribution < -0.4 is 5.32 Å². The Morgan fingerprint density at radius 1 is 1.16 bits per heavy atom. The summed E-state index contributed by atoms with van der Waals surface area (Å²) in [6, 6.07) is 16.1. The third-order valence-corrected chi connectivity index (χ3v) is 4.37. The first-order chi connectivity index (χ1) is 12.0. The molecule has 0 saturated heterocycles. The number of carbonyl (C=O) groups is 2. The molecular formula is C19H16BrNO4. The van der Waals surface area contributed by atoms with Crippen molar-refractivity contribution in [1.29, 1.82) is 0 Å². The summed E-state index contributed by atoms with van der Waals surface area (Å²) in [6.45, 7) is 1.45. The molecule has 0 radical (unpaired) electrons. The Balaban J connectivity index is 1.57. The van der Waals surface area contributed by atoms with Crippen LogP contribution in [0.25, 0.3) is 11.0 Å². The molecule has 1 atom stereocenters. The lowest BCUT2D eigenvalue weighted by molar-refractivity contribution is -0.125. The average molecular weight is 402 g/mol. The van der Waals surface area contributed by atoms with Gasteiger partial charge in [-0.15, -0.1) is 0 Å². The topological polar surface area (TPSA) is 68.5 Å². The summed E-state index contributed by atoms with van der Waals surface area (Å²) in [6.07, 6.45) is 0. The second kappa shape index (κ2) is 7.53. The van der Waals surface area contributed by atoms with Gasteiger partial charge < -0.3 is 14.5 Å². The summed E-state index contributed by atoms with van der Waals surface area (Å²) < 4.78 is 11.4. The SMILES string of the molecule is C[C@H](NC(=O)COC(=O)c1ccccc1Br)c1cc2ccccc2o1. The number of rotatable bonds is 5. The lowest BCUT2D eigenvalue weighted by Gasteiger charge is -2.12. The molecule has 1 amide bonds. The van der Waals surface area contributed by atoms with E-state index >= 15 is 0 Å². The molecule has 0 saturated carbocycles. The standard InChI is InChI=1S/C19H16BrNO4/c1-12(17-10-13-6-2-5-9-16(13)25-17)21-18(22)11-24-19(23)14-7-3-4-8-15(14)20/h2-10,12H,11H2,1H3,(H,21,22)/t12-/m0/s1. The van der Waals surface area contributed by atoms with Gasteiger partial charge in [0.05, 0.1) is 11.6 Å². The van der Waals surface area contributed by atoms with E-state index in [1.54, 1.807) is 24.3 Å². The predicted octanol–water partition coefficient (Wildman–Crippen LogP) is 4.23. The zero-order valence-corrected chi connectivity index (χ0v) is 15.1. The van der Waals surface area contributed by atoms with Gasteiger partial charge in [0.2, 0.25) is 0 Å². The van der Waals surface area contributed by atoms with Crippen LogP contribution in [0.4, 0.5) is 0 Å². The third-order valence-electron chi connectivity index (χ3n) is 3.68. The number of ether oxygens (including phenoxy) is 1. The molecule has 0 aliphatic carbocycles. The molecule has 2 aromatic carbocycles. The van der Waals surface area contributed by atoms with Crippen LogP contribution in [0.2, 0.25) is 0 Å². The minimum Gasteiger partial charge on any atom is -0.459 e. The van der Waals surface area contributed by atoms with Crippen LogP contribution in [0.15, 0.2) is 63.5 Å². The van der Waals surface area contributed by atoms with Crippen molar-refractivity contribution < 1.29 is 18.7 Å². The summed E-state index contributed by atoms with van der Waals surface area (Å²) in [5, 5.41) is 3.73. The fourth-order valence-electron chi connectivity index (χ4n) is 2.41. The van der Waals surface area contributed by atoms with E-state index in [1.807, 2.05) is 37.3 Å². The molecule has 0 unspecified atom stereocenters. The fourth-order valence-corrected chi connectivity index (χ4v) is 2.85. The molecule has 0 fully saturated rings. The van der Waals surface area contributed by atoms with Gasteiger partial charge in [0, 0.05) is 9.86 Å². The van der Waals surface area contributed by atoms with Gasteiger partial charge in [0.1, 0.15) is 11.3 Å². The molecule has 0 bridgehead atoms. The quantitative estimate of drug-likeness (QED) is 0.649. The second-order valence-electron chi connectivity index (χ2n) is 5.53. The zero-order chi connectivity index (χ0) is 17.8. The minimum atomic E-state index is -0.556. The van der Waals surface area contributed by atoms with Crippen molar-refractivity contribution in [2.24, 2.45) is 0 Å². The van der Waals surface area contributed by atoms with Crippen LogP contribution in [-0.2, 0) is 9.53 Å². The highest BCUT2D eigenvalue weighted by Gasteiger charge is 2.17. The summed E-state index contributed by atoms with van der Waals surface area (Å²) >= 11 is 3.28. The van der Waals surface area contributed by atoms with Crippen LogP contribution >= 0.6 is 15.9 Å². The molecule has 3 aromatic rings. The number of para-hydroxylation sites is 1. The maximum atomic E-state index is 12.0. The highest BCUT2D eigenvalue weighted by molar-refractivity contribution is 9.10. The molecule has 1 aromatic heterocycles. The van der Waals surface area contributed by atoms with Crippen molar-refractivity contribution >= 4 is 38.8 Å². The number of benzene rings is 2. The Morgan fingerprint density at radius 3 is 2.64 bits per heavy atom. The first-order valence-electron chi connectivity index (χ1n) is 7.74. The second-order valence-corrected chi connectivity index (χ2v) is 6.39. The number of hydrogen-bond donors (Lipinski definition) is 1. The fraction of sp³-hybridized carbons (Fsp3) is 0.158. The Kier molecular flexibility index (Phi) is 5.19. The van der Waals surface area contributed by atoms with Gasteiger partial charge in [-0.2, -0.15) is 0 Å². The first-order valence-corrected chi connectivity index (χ1v) is 8.53. The Hall–Kier alpha value is -2.60. The predicted molar refractivity (Wildman–Crippen MR) is 97.2 cm³/mol. The summed E-state index contributed by atoms with van der Waals surface area (Å²) in [5.41, 5.74) is 1.14. The summed E-state index contributed by atoms with van der Waals surface area (Å²) in [7, 11) is 0. The minimum absolute atomic E-state index is 0.331. The lowest BCUT2D eigenvalue weighted by Crippen LogP contribution is -2.31. The number of esters is 1. The molecule has 1 heterocycles. The monoisotopic (exact) mass is 401 g/mol. The Labute approximate surface area is 153 Å². The highest BCUT2D eigenvalue weighted by atomic mass is 79.9. The van der Waals surface area contributed by atoms with E-state index in [4.69, 9.17) is 9.15 Å². The van der Waals surface area contributed by atoms with Gasteiger partial charge in [-0.25, -0.2) is 4.79 Å². The number of hydrogen-bond acceptors (Lipinski definition) is 4. The van der Waals surface area contributed by atoms with Crippen molar-refractivity contribution in [2.45, 2.75) is 13.0 Å². The molecule has 25 heavy (non-hydrogen) atoms. The Bertz CT molecular complexity index is 885. The number of nitrogens with one attached hydrogen (secondary N) is 1. The van der Waals surface area contributed by atoms with E-state index in [1.165, 1.54) is 0 Å². The molecule has 5 nitrogen and oxygen atoms in total. The maximum absolute atomic E-state index is 12.0. The van der Waals surface area contributed by atoms with Gasteiger partial charge in [0.25, 0.3) is 5.91 Å². The molecule has 3 rings (SSSR count). The van der Waals surface area contributed by atoms with Crippen molar-refractivity contribution in [3.63, 3.8) is 0 Å². The number of carbonyl (C=O) groups excluding carboxylic acids is 2. The lowest BCUT2D eigenvalue weighted by atomic mass is 10.2. The van der Waals surface area contributed by atoms with Crippen LogP contribution in [-0.4, -0.2) is 18.5 Å². The van der Waals surface area contributed by atoms with E-state index in [9.17, 15) is 9.59 Å². The molecule has 128 valence electrons. The molecular weight excluding hydrogens is 386 g/mol. The number of fused-ring (bicyclic) bond motifs is 1.